The zero-order valence-corrected chi connectivity index (χ0v) is 21.7. The number of ether oxygens (including phenoxy) is 1. The minimum absolute atomic E-state index is 0.00671. The van der Waals surface area contributed by atoms with Gasteiger partial charge in [0.2, 0.25) is 5.91 Å². The molecule has 1 fully saturated rings. The highest BCUT2D eigenvalue weighted by Gasteiger charge is 2.47. The van der Waals surface area contributed by atoms with Gasteiger partial charge in [0.15, 0.2) is 0 Å². The summed E-state index contributed by atoms with van der Waals surface area (Å²) < 4.78 is 5.68. The summed E-state index contributed by atoms with van der Waals surface area (Å²) in [6.07, 6.45) is 3.88. The maximum Gasteiger partial charge on any atom is 0.322 e. The Balaban J connectivity index is 1.47. The SMILES string of the molecule is C=CCN1C(=O)N[C@H](c2ccc(C)cc2)C2=C1CN([C@H](Cc1ccccc1)C(=O)NC[C@@H]1CCCO1)C2=O. The van der Waals surface area contributed by atoms with Crippen molar-refractivity contribution >= 4 is 17.8 Å². The van der Waals surface area contributed by atoms with Gasteiger partial charge in [0.05, 0.1) is 30.0 Å². The minimum atomic E-state index is -0.740. The summed E-state index contributed by atoms with van der Waals surface area (Å²) in [5, 5.41) is 6.04. The number of nitrogens with one attached hydrogen (secondary N) is 2. The van der Waals surface area contributed by atoms with Crippen LogP contribution in [0, 0.1) is 6.92 Å². The van der Waals surface area contributed by atoms with Crippen molar-refractivity contribution in [3.63, 3.8) is 0 Å². The maximum absolute atomic E-state index is 14.1. The van der Waals surface area contributed by atoms with Gasteiger partial charge in [0.1, 0.15) is 6.04 Å². The third-order valence-corrected chi connectivity index (χ3v) is 7.45. The van der Waals surface area contributed by atoms with Crippen LogP contribution in [0.3, 0.4) is 0 Å². The second-order valence-corrected chi connectivity index (χ2v) is 10.1. The number of nitrogens with zero attached hydrogens (tertiary/aromatic N) is 2. The molecule has 2 N–H and O–H groups in total. The third-order valence-electron chi connectivity index (χ3n) is 7.45. The Morgan fingerprint density at radius 2 is 1.95 bits per heavy atom. The number of carbonyl (C=O) groups is 3. The zero-order valence-electron chi connectivity index (χ0n) is 21.7. The minimum Gasteiger partial charge on any atom is -0.376 e. The van der Waals surface area contributed by atoms with E-state index < -0.39 is 12.1 Å². The van der Waals surface area contributed by atoms with Gasteiger partial charge in [-0.05, 0) is 30.9 Å². The molecule has 5 rings (SSSR count). The Morgan fingerprint density at radius 3 is 2.63 bits per heavy atom. The number of hydrogen-bond acceptors (Lipinski definition) is 4. The van der Waals surface area contributed by atoms with Gasteiger partial charge in [-0.1, -0.05) is 66.2 Å². The van der Waals surface area contributed by atoms with Gasteiger partial charge < -0.3 is 20.3 Å². The summed E-state index contributed by atoms with van der Waals surface area (Å²) in [6, 6.07) is 15.9. The van der Waals surface area contributed by atoms with Crippen molar-refractivity contribution in [3.8, 4) is 0 Å². The molecule has 0 aromatic heterocycles. The van der Waals surface area contributed by atoms with Crippen LogP contribution < -0.4 is 10.6 Å². The fourth-order valence-electron chi connectivity index (χ4n) is 5.42. The van der Waals surface area contributed by atoms with E-state index in [2.05, 4.69) is 17.2 Å². The van der Waals surface area contributed by atoms with Crippen molar-refractivity contribution in [1.29, 1.82) is 0 Å². The van der Waals surface area contributed by atoms with E-state index in [1.54, 1.807) is 15.9 Å². The summed E-state index contributed by atoms with van der Waals surface area (Å²) in [5.41, 5.74) is 3.99. The van der Waals surface area contributed by atoms with E-state index in [1.807, 2.05) is 61.5 Å². The quantitative estimate of drug-likeness (QED) is 0.503. The summed E-state index contributed by atoms with van der Waals surface area (Å²) in [6.45, 7) is 7.33. The predicted molar refractivity (Wildman–Crippen MR) is 144 cm³/mol. The van der Waals surface area contributed by atoms with Gasteiger partial charge in [-0.25, -0.2) is 4.79 Å². The van der Waals surface area contributed by atoms with Crippen molar-refractivity contribution < 1.29 is 19.1 Å². The molecule has 38 heavy (non-hydrogen) atoms. The van der Waals surface area contributed by atoms with Gasteiger partial charge >= 0.3 is 6.03 Å². The molecular weight excluding hydrogens is 480 g/mol. The standard InChI is InChI=1S/C30H34N4O4/c1-3-15-33-25-19-34(29(36)26(25)27(32-30(33)37)22-13-11-20(2)12-14-22)24(17-21-8-5-4-6-9-21)28(35)31-18-23-10-7-16-38-23/h3-6,8-9,11-14,23-24,27H,1,7,10,15-19H2,2H3,(H,31,35)(H,32,37)/t23-,24+,27+/m0/s1. The predicted octanol–water partition coefficient (Wildman–Crippen LogP) is 3.25. The Hall–Kier alpha value is -3.91. The molecule has 3 aliphatic rings. The van der Waals surface area contributed by atoms with Gasteiger partial charge in [0, 0.05) is 26.1 Å². The molecule has 2 aromatic carbocycles. The van der Waals surface area contributed by atoms with Crippen LogP contribution in [0.4, 0.5) is 4.79 Å². The first kappa shape index (κ1) is 25.7. The van der Waals surface area contributed by atoms with Gasteiger partial charge in [-0.15, -0.1) is 6.58 Å². The summed E-state index contributed by atoms with van der Waals surface area (Å²) in [4.78, 5) is 44.0. The van der Waals surface area contributed by atoms with E-state index >= 15 is 0 Å². The van der Waals surface area contributed by atoms with Crippen LogP contribution in [-0.2, 0) is 20.7 Å². The van der Waals surface area contributed by atoms with Crippen molar-refractivity contribution in [3.05, 3.63) is 95.2 Å². The molecule has 0 bridgehead atoms. The van der Waals surface area contributed by atoms with E-state index in [1.165, 1.54) is 0 Å². The summed E-state index contributed by atoms with van der Waals surface area (Å²) >= 11 is 0. The Morgan fingerprint density at radius 1 is 1.18 bits per heavy atom. The lowest BCUT2D eigenvalue weighted by Crippen LogP contribution is -2.51. The molecule has 0 unspecified atom stereocenters. The van der Waals surface area contributed by atoms with Gasteiger partial charge in [-0.3, -0.25) is 14.5 Å². The number of benzene rings is 2. The largest absolute Gasteiger partial charge is 0.376 e. The lowest BCUT2D eigenvalue weighted by atomic mass is 9.94. The summed E-state index contributed by atoms with van der Waals surface area (Å²) in [7, 11) is 0. The molecule has 3 atom stereocenters. The number of rotatable bonds is 9. The van der Waals surface area contributed by atoms with Crippen LogP contribution >= 0.6 is 0 Å². The maximum atomic E-state index is 14.1. The number of urea groups is 1. The molecule has 3 heterocycles. The average molecular weight is 515 g/mol. The fraction of sp³-hybridized carbons (Fsp3) is 0.367. The lowest BCUT2D eigenvalue weighted by Gasteiger charge is -2.33. The zero-order chi connectivity index (χ0) is 26.6. The Bertz CT molecular complexity index is 1230. The van der Waals surface area contributed by atoms with Gasteiger partial charge in [-0.2, -0.15) is 0 Å². The number of carbonyl (C=O) groups excluding carboxylic acids is 3. The molecule has 0 spiro atoms. The molecule has 198 valence electrons. The van der Waals surface area contributed by atoms with Crippen molar-refractivity contribution in [2.75, 3.05) is 26.2 Å². The Kier molecular flexibility index (Phi) is 7.60. The molecule has 0 radical (unpaired) electrons. The molecule has 4 amide bonds. The van der Waals surface area contributed by atoms with Crippen LogP contribution in [0.5, 0.6) is 0 Å². The van der Waals surface area contributed by atoms with Crippen LogP contribution in [-0.4, -0.2) is 66.0 Å². The van der Waals surface area contributed by atoms with Crippen LogP contribution in [0.25, 0.3) is 0 Å². The molecule has 0 saturated carbocycles. The molecule has 2 aromatic rings. The van der Waals surface area contributed by atoms with Gasteiger partial charge in [0.25, 0.3) is 5.91 Å². The van der Waals surface area contributed by atoms with E-state index in [0.717, 1.165) is 29.5 Å². The fourth-order valence-corrected chi connectivity index (χ4v) is 5.42. The molecule has 8 nitrogen and oxygen atoms in total. The topological polar surface area (TPSA) is 91.0 Å². The second kappa shape index (κ2) is 11.2. The van der Waals surface area contributed by atoms with Crippen LogP contribution in [0.15, 0.2) is 78.5 Å². The molecule has 8 heteroatoms. The first-order valence-electron chi connectivity index (χ1n) is 13.2. The van der Waals surface area contributed by atoms with Crippen molar-refractivity contribution in [2.24, 2.45) is 0 Å². The monoisotopic (exact) mass is 514 g/mol. The normalized spacial score (nSPS) is 21.8. The number of aryl methyl sites for hydroxylation is 1. The van der Waals surface area contributed by atoms with E-state index in [9.17, 15) is 14.4 Å². The van der Waals surface area contributed by atoms with Crippen molar-refractivity contribution in [1.82, 2.24) is 20.4 Å². The first-order chi connectivity index (χ1) is 18.5. The van der Waals surface area contributed by atoms with E-state index in [4.69, 9.17) is 4.74 Å². The highest BCUT2D eigenvalue weighted by atomic mass is 16.5. The molecular formula is C30H34N4O4. The highest BCUT2D eigenvalue weighted by molar-refractivity contribution is 6.03. The molecule has 1 saturated heterocycles. The van der Waals surface area contributed by atoms with Crippen LogP contribution in [0.1, 0.15) is 35.6 Å². The van der Waals surface area contributed by atoms with E-state index in [-0.39, 0.29) is 37.0 Å². The van der Waals surface area contributed by atoms with Crippen LogP contribution in [0.2, 0.25) is 0 Å². The first-order valence-corrected chi connectivity index (χ1v) is 13.2. The Labute approximate surface area is 223 Å². The summed E-state index contributed by atoms with van der Waals surface area (Å²) in [5.74, 6) is -0.466. The lowest BCUT2D eigenvalue weighted by molar-refractivity contribution is -0.136. The number of hydrogen-bond donors (Lipinski definition) is 2. The third kappa shape index (κ3) is 5.22. The second-order valence-electron chi connectivity index (χ2n) is 10.1. The molecule has 0 aliphatic carbocycles. The molecule has 3 aliphatic heterocycles. The number of amides is 4. The van der Waals surface area contributed by atoms with Crippen molar-refractivity contribution in [2.45, 2.75) is 44.4 Å². The average Bonchev–Trinajstić information content (AvgIpc) is 3.57. The highest BCUT2D eigenvalue weighted by Crippen LogP contribution is 2.37. The van der Waals surface area contributed by atoms with E-state index in [0.29, 0.717) is 30.8 Å². The smallest absolute Gasteiger partial charge is 0.322 e.